The monoisotopic (exact) mass is 172 g/mol. The van der Waals surface area contributed by atoms with Crippen LogP contribution >= 0.6 is 11.6 Å². The second-order valence-corrected chi connectivity index (χ2v) is 1.85. The van der Waals surface area contributed by atoms with Gasteiger partial charge >= 0.3 is 17.3 Å². The summed E-state index contributed by atoms with van der Waals surface area (Å²) in [6.45, 7) is 0.820. The minimum atomic E-state index is -4.12. The first-order valence-electron chi connectivity index (χ1n) is 2.13. The molecule has 0 spiro atoms. The lowest BCUT2D eigenvalue weighted by atomic mass is 10.7. The molecule has 0 heterocycles. The van der Waals surface area contributed by atoms with Gasteiger partial charge in [-0.3, -0.25) is 4.79 Å². The number of esters is 2. The van der Waals surface area contributed by atoms with Crippen LogP contribution in [-0.4, -0.2) is 17.3 Å². The summed E-state index contributed by atoms with van der Waals surface area (Å²) in [5.74, 6) is -3.17. The van der Waals surface area contributed by atoms with Gasteiger partial charge in [-0.15, -0.1) is 0 Å². The average Bonchev–Trinajstić information content (AvgIpc) is 1.60. The molecule has 6 heteroatoms. The van der Waals surface area contributed by atoms with Gasteiger partial charge in [0.15, 0.2) is 0 Å². The van der Waals surface area contributed by atoms with E-state index in [1.54, 1.807) is 0 Å². The molecular weight excluding hydrogens is 169 g/mol. The highest BCUT2D eigenvalue weighted by molar-refractivity contribution is 6.31. The molecule has 0 fully saturated rings. The van der Waals surface area contributed by atoms with Crippen LogP contribution in [0.25, 0.3) is 0 Å². The van der Waals surface area contributed by atoms with E-state index in [0.717, 1.165) is 6.92 Å². The van der Waals surface area contributed by atoms with Crippen LogP contribution in [0.1, 0.15) is 6.92 Å². The van der Waals surface area contributed by atoms with Crippen molar-refractivity contribution in [3.8, 4) is 0 Å². The maximum Gasteiger partial charge on any atom is 0.418 e. The Bertz CT molecular complexity index is 162. The van der Waals surface area contributed by atoms with Crippen LogP contribution < -0.4 is 0 Å². The summed E-state index contributed by atoms with van der Waals surface area (Å²) < 4.78 is 26.7. The van der Waals surface area contributed by atoms with Crippen LogP contribution in [0.5, 0.6) is 0 Å². The first-order chi connectivity index (χ1) is 4.34. The molecule has 0 aliphatic carbocycles. The lowest BCUT2D eigenvalue weighted by Crippen LogP contribution is -2.25. The first-order valence-corrected chi connectivity index (χ1v) is 2.51. The topological polar surface area (TPSA) is 43.4 Å². The zero-order chi connectivity index (χ0) is 8.36. The molecule has 3 nitrogen and oxygen atoms in total. The van der Waals surface area contributed by atoms with E-state index in [1.807, 2.05) is 0 Å². The molecule has 10 heavy (non-hydrogen) atoms. The molecule has 0 bridgehead atoms. The van der Waals surface area contributed by atoms with Gasteiger partial charge in [0, 0.05) is 6.92 Å². The first kappa shape index (κ1) is 9.29. The predicted molar refractivity (Wildman–Crippen MR) is 27.6 cm³/mol. The number of rotatable bonds is 1. The zero-order valence-electron chi connectivity index (χ0n) is 4.86. The number of hydrogen-bond acceptors (Lipinski definition) is 3. The summed E-state index contributed by atoms with van der Waals surface area (Å²) in [6.07, 6.45) is 0. The minimum absolute atomic E-state index is 0.820. The summed E-state index contributed by atoms with van der Waals surface area (Å²) in [5.41, 5.74) is 0. The van der Waals surface area contributed by atoms with Crippen LogP contribution in [0.2, 0.25) is 0 Å². The maximum atomic E-state index is 11.6. The molecule has 0 aliphatic heterocycles. The lowest BCUT2D eigenvalue weighted by Gasteiger charge is -2.03. The second-order valence-electron chi connectivity index (χ2n) is 1.38. The van der Waals surface area contributed by atoms with Crippen molar-refractivity contribution < 1.29 is 23.1 Å². The number of carbonyl (C=O) groups is 2. The van der Waals surface area contributed by atoms with Crippen LogP contribution in [0.3, 0.4) is 0 Å². The van der Waals surface area contributed by atoms with Crippen LogP contribution in [-0.2, 0) is 14.3 Å². The molecule has 0 radical (unpaired) electrons. The lowest BCUT2D eigenvalue weighted by molar-refractivity contribution is -0.169. The Morgan fingerprint density at radius 2 is 1.90 bits per heavy atom. The van der Waals surface area contributed by atoms with Crippen molar-refractivity contribution in [3.63, 3.8) is 0 Å². The Kier molecular flexibility index (Phi) is 2.71. The Morgan fingerprint density at radius 1 is 1.50 bits per heavy atom. The van der Waals surface area contributed by atoms with Crippen molar-refractivity contribution in [2.75, 3.05) is 0 Å². The maximum absolute atomic E-state index is 11.6. The number of carbonyl (C=O) groups excluding carboxylic acids is 2. The molecule has 0 rings (SSSR count). The molecule has 58 valence electrons. The Balaban J connectivity index is 3.99. The molecule has 0 unspecified atom stereocenters. The molecule has 0 amide bonds. The molecular formula is C4H3ClF2O3. The van der Waals surface area contributed by atoms with Crippen molar-refractivity contribution in [2.45, 2.75) is 12.3 Å². The van der Waals surface area contributed by atoms with E-state index < -0.39 is 17.3 Å². The second kappa shape index (κ2) is 2.92. The van der Waals surface area contributed by atoms with Crippen molar-refractivity contribution in [2.24, 2.45) is 0 Å². The van der Waals surface area contributed by atoms with Crippen molar-refractivity contribution in [1.82, 2.24) is 0 Å². The van der Waals surface area contributed by atoms with E-state index in [1.165, 1.54) is 0 Å². The van der Waals surface area contributed by atoms with Gasteiger partial charge in [0.2, 0.25) is 0 Å². The van der Waals surface area contributed by atoms with E-state index in [2.05, 4.69) is 16.3 Å². The van der Waals surface area contributed by atoms with Crippen molar-refractivity contribution >= 4 is 23.5 Å². The molecule has 0 aromatic carbocycles. The number of alkyl halides is 3. The van der Waals surface area contributed by atoms with Crippen molar-refractivity contribution in [3.05, 3.63) is 0 Å². The highest BCUT2D eigenvalue weighted by atomic mass is 35.5. The van der Waals surface area contributed by atoms with E-state index in [4.69, 9.17) is 0 Å². The Hall–Kier alpha value is -0.710. The van der Waals surface area contributed by atoms with Crippen LogP contribution in [0.4, 0.5) is 8.78 Å². The van der Waals surface area contributed by atoms with Crippen LogP contribution in [0, 0.1) is 0 Å². The van der Waals surface area contributed by atoms with E-state index in [0.29, 0.717) is 0 Å². The smallest absolute Gasteiger partial charge is 0.388 e. The molecule has 0 aromatic heterocycles. The fraction of sp³-hybridized carbons (Fsp3) is 0.500. The summed E-state index contributed by atoms with van der Waals surface area (Å²) in [6, 6.07) is 0. The number of hydrogen-bond donors (Lipinski definition) is 0. The summed E-state index contributed by atoms with van der Waals surface area (Å²) in [4.78, 5) is 19.8. The number of halogens is 3. The average molecular weight is 173 g/mol. The minimum Gasteiger partial charge on any atom is -0.388 e. The highest BCUT2D eigenvalue weighted by Gasteiger charge is 2.38. The fourth-order valence-electron chi connectivity index (χ4n) is 0.188. The summed E-state index contributed by atoms with van der Waals surface area (Å²) in [5, 5.41) is -4.12. The van der Waals surface area contributed by atoms with Gasteiger partial charge in [-0.2, -0.15) is 8.78 Å². The zero-order valence-corrected chi connectivity index (χ0v) is 5.61. The van der Waals surface area contributed by atoms with Gasteiger partial charge in [-0.25, -0.2) is 4.79 Å². The standard InChI is InChI=1S/C4H3ClF2O3/c1-2(8)10-3(9)4(5,6)7/h1H3. The third-order valence-corrected chi connectivity index (χ3v) is 0.622. The molecule has 0 aliphatic rings. The Morgan fingerprint density at radius 3 is 2.00 bits per heavy atom. The third-order valence-electron chi connectivity index (χ3n) is 0.468. The van der Waals surface area contributed by atoms with Gasteiger partial charge < -0.3 is 4.74 Å². The van der Waals surface area contributed by atoms with Gasteiger partial charge in [0.05, 0.1) is 0 Å². The largest absolute Gasteiger partial charge is 0.418 e. The van der Waals surface area contributed by atoms with Crippen molar-refractivity contribution in [1.29, 1.82) is 0 Å². The summed E-state index contributed by atoms with van der Waals surface area (Å²) in [7, 11) is 0. The van der Waals surface area contributed by atoms with Crippen LogP contribution in [0.15, 0.2) is 0 Å². The highest BCUT2D eigenvalue weighted by Crippen LogP contribution is 2.19. The third kappa shape index (κ3) is 3.34. The molecule has 0 saturated carbocycles. The molecule has 0 N–H and O–H groups in total. The predicted octanol–water partition coefficient (Wildman–Crippen LogP) is 0.908. The van der Waals surface area contributed by atoms with Gasteiger partial charge in [-0.1, -0.05) is 0 Å². The Labute approximate surface area is 59.9 Å². The van der Waals surface area contributed by atoms with Gasteiger partial charge in [0.1, 0.15) is 0 Å². The normalized spacial score (nSPS) is 10.8. The molecule has 0 atom stereocenters. The van der Waals surface area contributed by atoms with Gasteiger partial charge in [-0.05, 0) is 11.6 Å². The molecule has 0 saturated heterocycles. The summed E-state index contributed by atoms with van der Waals surface area (Å²) >= 11 is 4.17. The molecule has 0 aromatic rings. The quantitative estimate of drug-likeness (QED) is 0.335. The SMILES string of the molecule is CC(=O)OC(=O)C(F)(F)Cl. The fourth-order valence-corrected chi connectivity index (χ4v) is 0.227. The van der Waals surface area contributed by atoms with E-state index >= 15 is 0 Å². The van der Waals surface area contributed by atoms with Gasteiger partial charge in [0.25, 0.3) is 0 Å². The van der Waals surface area contributed by atoms with E-state index in [9.17, 15) is 18.4 Å². The number of ether oxygens (including phenoxy) is 1. The van der Waals surface area contributed by atoms with E-state index in [-0.39, 0.29) is 0 Å².